The molecule has 1 heterocycles. The molecule has 2 aromatic rings. The van der Waals surface area contributed by atoms with Gasteiger partial charge >= 0.3 is 0 Å². The maximum atomic E-state index is 12.7. The van der Waals surface area contributed by atoms with E-state index < -0.39 is 0 Å². The number of hydrogen-bond donors (Lipinski definition) is 2. The monoisotopic (exact) mass is 378 g/mol. The molecule has 0 spiro atoms. The number of carbonyl (C=O) groups is 2. The first kappa shape index (κ1) is 19.5. The number of anilines is 3. The molecule has 3 rings (SSSR count). The molecule has 0 bridgehead atoms. The smallest absolute Gasteiger partial charge is 0.273 e. The molecule has 146 valence electrons. The summed E-state index contributed by atoms with van der Waals surface area (Å²) in [6, 6.07) is 15.3. The van der Waals surface area contributed by atoms with Gasteiger partial charge in [0.1, 0.15) is 5.70 Å². The van der Waals surface area contributed by atoms with Gasteiger partial charge in [-0.1, -0.05) is 18.2 Å². The number of hydrazine groups is 1. The molecule has 0 saturated heterocycles. The SMILES string of the molecule is CCN(CC)c1ccc(NC(=O)C2=CCC(=O)N(c3ccccc3C)N2)cc1. The third-order valence-corrected chi connectivity index (χ3v) is 4.82. The van der Waals surface area contributed by atoms with E-state index in [1.54, 1.807) is 6.08 Å². The highest BCUT2D eigenvalue weighted by Gasteiger charge is 2.25. The average molecular weight is 378 g/mol. The van der Waals surface area contributed by atoms with E-state index in [9.17, 15) is 9.59 Å². The maximum absolute atomic E-state index is 12.7. The number of benzene rings is 2. The van der Waals surface area contributed by atoms with Crippen LogP contribution in [0.5, 0.6) is 0 Å². The van der Waals surface area contributed by atoms with Gasteiger partial charge in [-0.3, -0.25) is 15.0 Å². The van der Waals surface area contributed by atoms with E-state index in [0.29, 0.717) is 11.4 Å². The van der Waals surface area contributed by atoms with Gasteiger partial charge in [-0.2, -0.15) is 0 Å². The third kappa shape index (κ3) is 4.17. The Kier molecular flexibility index (Phi) is 5.99. The van der Waals surface area contributed by atoms with Crippen molar-refractivity contribution in [1.29, 1.82) is 0 Å². The predicted molar refractivity (Wildman–Crippen MR) is 113 cm³/mol. The van der Waals surface area contributed by atoms with E-state index in [0.717, 1.165) is 30.0 Å². The molecule has 0 unspecified atom stereocenters. The molecule has 0 saturated carbocycles. The van der Waals surface area contributed by atoms with Gasteiger partial charge in [0.05, 0.1) is 5.69 Å². The standard InChI is InChI=1S/C22H26N4O2/c1-4-25(5-2)18-12-10-17(11-13-18)23-22(28)19-14-15-21(27)26(24-19)20-9-7-6-8-16(20)3/h6-14,24H,4-5,15H2,1-3H3,(H,23,28). The van der Waals surface area contributed by atoms with Crippen LogP contribution in [0.3, 0.4) is 0 Å². The summed E-state index contributed by atoms with van der Waals surface area (Å²) in [5, 5.41) is 4.33. The van der Waals surface area contributed by atoms with Crippen LogP contribution in [0, 0.1) is 6.92 Å². The quantitative estimate of drug-likeness (QED) is 0.806. The summed E-state index contributed by atoms with van der Waals surface area (Å²) in [4.78, 5) is 27.2. The van der Waals surface area contributed by atoms with Gasteiger partial charge in [-0.25, -0.2) is 5.01 Å². The molecule has 28 heavy (non-hydrogen) atoms. The molecule has 2 N–H and O–H groups in total. The zero-order chi connectivity index (χ0) is 20.1. The molecule has 6 heteroatoms. The van der Waals surface area contributed by atoms with E-state index in [4.69, 9.17) is 0 Å². The van der Waals surface area contributed by atoms with Gasteiger partial charge in [0.25, 0.3) is 5.91 Å². The van der Waals surface area contributed by atoms with Crippen molar-refractivity contribution in [3.8, 4) is 0 Å². The van der Waals surface area contributed by atoms with E-state index in [-0.39, 0.29) is 18.2 Å². The van der Waals surface area contributed by atoms with Crippen LogP contribution in [0.2, 0.25) is 0 Å². The van der Waals surface area contributed by atoms with Crippen LogP contribution in [0.4, 0.5) is 17.1 Å². The van der Waals surface area contributed by atoms with Crippen molar-refractivity contribution in [2.45, 2.75) is 27.2 Å². The molecule has 0 fully saturated rings. The van der Waals surface area contributed by atoms with Crippen molar-refractivity contribution >= 4 is 28.9 Å². The Morgan fingerprint density at radius 3 is 2.43 bits per heavy atom. The first-order chi connectivity index (χ1) is 13.5. The number of carbonyl (C=O) groups excluding carboxylic acids is 2. The molecular formula is C22H26N4O2. The summed E-state index contributed by atoms with van der Waals surface area (Å²) in [6.07, 6.45) is 1.79. The summed E-state index contributed by atoms with van der Waals surface area (Å²) in [6.45, 7) is 8.02. The second kappa shape index (κ2) is 8.61. The minimum absolute atomic E-state index is 0.102. The van der Waals surface area contributed by atoms with Gasteiger partial charge in [-0.15, -0.1) is 0 Å². The van der Waals surface area contributed by atoms with E-state index in [1.807, 2.05) is 55.5 Å². The second-order valence-electron chi connectivity index (χ2n) is 6.62. The van der Waals surface area contributed by atoms with Gasteiger partial charge in [0.15, 0.2) is 0 Å². The number of aryl methyl sites for hydroxylation is 1. The Balaban J connectivity index is 1.71. The second-order valence-corrected chi connectivity index (χ2v) is 6.62. The fraction of sp³-hybridized carbons (Fsp3) is 0.273. The average Bonchev–Trinajstić information content (AvgIpc) is 2.71. The summed E-state index contributed by atoms with van der Waals surface area (Å²) in [5.41, 5.74) is 6.84. The molecular weight excluding hydrogens is 352 g/mol. The maximum Gasteiger partial charge on any atom is 0.273 e. The molecule has 2 amide bonds. The molecule has 1 aliphatic rings. The lowest BCUT2D eigenvalue weighted by Crippen LogP contribution is -2.48. The van der Waals surface area contributed by atoms with Gasteiger partial charge in [-0.05, 0) is 62.7 Å². The van der Waals surface area contributed by atoms with Gasteiger partial charge in [0.2, 0.25) is 5.91 Å². The molecule has 1 aliphatic heterocycles. The van der Waals surface area contributed by atoms with Crippen molar-refractivity contribution in [3.63, 3.8) is 0 Å². The molecule has 0 atom stereocenters. The highest BCUT2D eigenvalue weighted by molar-refractivity contribution is 6.07. The largest absolute Gasteiger partial charge is 0.372 e. The Morgan fingerprint density at radius 2 is 1.79 bits per heavy atom. The van der Waals surface area contributed by atoms with Crippen LogP contribution in [0.25, 0.3) is 0 Å². The summed E-state index contributed by atoms with van der Waals surface area (Å²) in [5.74, 6) is -0.379. The molecule has 2 aromatic carbocycles. The topological polar surface area (TPSA) is 64.7 Å². The van der Waals surface area contributed by atoms with Crippen LogP contribution in [-0.2, 0) is 9.59 Å². The molecule has 0 aliphatic carbocycles. The first-order valence-corrected chi connectivity index (χ1v) is 9.55. The minimum Gasteiger partial charge on any atom is -0.372 e. The molecule has 0 radical (unpaired) electrons. The Bertz CT molecular complexity index is 886. The van der Waals surface area contributed by atoms with Crippen LogP contribution < -0.4 is 20.7 Å². The van der Waals surface area contributed by atoms with E-state index in [2.05, 4.69) is 29.5 Å². The number of para-hydroxylation sites is 1. The van der Waals surface area contributed by atoms with Gasteiger partial charge in [0, 0.05) is 30.9 Å². The van der Waals surface area contributed by atoms with Crippen molar-refractivity contribution in [1.82, 2.24) is 5.43 Å². The van der Waals surface area contributed by atoms with E-state index >= 15 is 0 Å². The Labute approximate surface area is 165 Å². The number of amides is 2. The van der Waals surface area contributed by atoms with Crippen molar-refractivity contribution < 1.29 is 9.59 Å². The van der Waals surface area contributed by atoms with Crippen molar-refractivity contribution in [3.05, 3.63) is 65.9 Å². The lowest BCUT2D eigenvalue weighted by atomic mass is 10.1. The number of rotatable bonds is 6. The number of nitrogens with zero attached hydrogens (tertiary/aromatic N) is 2. The van der Waals surface area contributed by atoms with Gasteiger partial charge < -0.3 is 10.2 Å². The van der Waals surface area contributed by atoms with E-state index in [1.165, 1.54) is 5.01 Å². The summed E-state index contributed by atoms with van der Waals surface area (Å²) < 4.78 is 0. The summed E-state index contributed by atoms with van der Waals surface area (Å²) in [7, 11) is 0. The number of hydrogen-bond acceptors (Lipinski definition) is 4. The molecule has 0 aromatic heterocycles. The van der Waals surface area contributed by atoms with Crippen molar-refractivity contribution in [2.24, 2.45) is 0 Å². The van der Waals surface area contributed by atoms with Crippen LogP contribution in [-0.4, -0.2) is 24.9 Å². The fourth-order valence-corrected chi connectivity index (χ4v) is 3.20. The van der Waals surface area contributed by atoms with Crippen LogP contribution in [0.1, 0.15) is 25.8 Å². The number of nitrogens with one attached hydrogen (secondary N) is 2. The lowest BCUT2D eigenvalue weighted by Gasteiger charge is -2.29. The zero-order valence-electron chi connectivity index (χ0n) is 16.5. The fourth-order valence-electron chi connectivity index (χ4n) is 3.20. The van der Waals surface area contributed by atoms with Crippen LogP contribution in [0.15, 0.2) is 60.3 Å². The summed E-state index contributed by atoms with van der Waals surface area (Å²) >= 11 is 0. The first-order valence-electron chi connectivity index (χ1n) is 9.55. The highest BCUT2D eigenvalue weighted by Crippen LogP contribution is 2.22. The Morgan fingerprint density at radius 1 is 1.11 bits per heavy atom. The lowest BCUT2D eigenvalue weighted by molar-refractivity contribution is -0.119. The minimum atomic E-state index is -0.276. The Hall–Kier alpha value is -3.28. The molecule has 6 nitrogen and oxygen atoms in total. The predicted octanol–water partition coefficient (Wildman–Crippen LogP) is 3.61. The van der Waals surface area contributed by atoms with Crippen LogP contribution >= 0.6 is 0 Å². The highest BCUT2D eigenvalue weighted by atomic mass is 16.2. The third-order valence-electron chi connectivity index (χ3n) is 4.82. The zero-order valence-corrected chi connectivity index (χ0v) is 16.5. The van der Waals surface area contributed by atoms with Crippen molar-refractivity contribution in [2.75, 3.05) is 28.3 Å². The normalized spacial score (nSPS) is 13.6.